The van der Waals surface area contributed by atoms with Gasteiger partial charge in [-0.05, 0) is 57.5 Å². The van der Waals surface area contributed by atoms with Crippen LogP contribution in [0, 0.1) is 5.92 Å². The van der Waals surface area contributed by atoms with Crippen molar-refractivity contribution in [2.45, 2.75) is 32.1 Å². The van der Waals surface area contributed by atoms with E-state index in [0.29, 0.717) is 19.5 Å². The summed E-state index contributed by atoms with van der Waals surface area (Å²) in [5, 5.41) is 2.95. The summed E-state index contributed by atoms with van der Waals surface area (Å²) in [5.41, 5.74) is 0.878. The van der Waals surface area contributed by atoms with Gasteiger partial charge in [0, 0.05) is 18.8 Å². The lowest BCUT2D eigenvalue weighted by Crippen LogP contribution is -2.38. The first-order chi connectivity index (χ1) is 11.8. The molecular weight excluding hydrogens is 302 g/mol. The average molecular weight is 329 g/mol. The third-order valence-electron chi connectivity index (χ3n) is 4.99. The molecule has 2 amide bonds. The Morgan fingerprint density at radius 1 is 1.08 bits per heavy atom. The average Bonchev–Trinajstić information content (AvgIpc) is 3.02. The molecule has 2 heterocycles. The minimum atomic E-state index is -0.528. The minimum Gasteiger partial charge on any atom is -0.355 e. The van der Waals surface area contributed by atoms with E-state index >= 15 is 0 Å². The fraction of sp³-hybridized carbons (Fsp3) is 0.579. The molecule has 1 aromatic carbocycles. The standard InChI is InChI=1S/C19H27N3O2/c23-18(20-11-7-14-21-12-5-2-6-13-21)17-10-15-22(19(17)24)16-8-3-1-4-9-16/h1,3-4,8-9,17H,2,5-7,10-15H2,(H,20,23). The number of benzene rings is 1. The Bertz CT molecular complexity index is 555. The van der Waals surface area contributed by atoms with E-state index in [1.165, 1.54) is 32.4 Å². The summed E-state index contributed by atoms with van der Waals surface area (Å²) in [6.45, 7) is 4.68. The van der Waals surface area contributed by atoms with Crippen LogP contribution in [0.3, 0.4) is 0 Å². The summed E-state index contributed by atoms with van der Waals surface area (Å²) < 4.78 is 0. The predicted molar refractivity (Wildman–Crippen MR) is 94.8 cm³/mol. The van der Waals surface area contributed by atoms with Crippen molar-refractivity contribution >= 4 is 17.5 Å². The molecule has 0 aliphatic carbocycles. The second-order valence-electron chi connectivity index (χ2n) is 6.71. The van der Waals surface area contributed by atoms with Gasteiger partial charge >= 0.3 is 0 Å². The summed E-state index contributed by atoms with van der Waals surface area (Å²) in [7, 11) is 0. The van der Waals surface area contributed by atoms with Crippen molar-refractivity contribution < 1.29 is 9.59 Å². The van der Waals surface area contributed by atoms with Crippen molar-refractivity contribution in [2.75, 3.05) is 37.6 Å². The minimum absolute atomic E-state index is 0.0743. The number of carbonyl (C=O) groups excluding carboxylic acids is 2. The smallest absolute Gasteiger partial charge is 0.239 e. The van der Waals surface area contributed by atoms with Crippen LogP contribution in [0.2, 0.25) is 0 Å². The summed E-state index contributed by atoms with van der Waals surface area (Å²) in [5.74, 6) is -0.716. The Kier molecular flexibility index (Phi) is 5.86. The number of piperidine rings is 1. The van der Waals surface area contributed by atoms with Crippen LogP contribution >= 0.6 is 0 Å². The SMILES string of the molecule is O=C(NCCCN1CCCCC1)C1CCN(c2ccccc2)C1=O. The Morgan fingerprint density at radius 2 is 1.83 bits per heavy atom. The Morgan fingerprint density at radius 3 is 2.58 bits per heavy atom. The van der Waals surface area contributed by atoms with Crippen LogP contribution in [0.25, 0.3) is 0 Å². The van der Waals surface area contributed by atoms with Crippen LogP contribution in [0.5, 0.6) is 0 Å². The van der Waals surface area contributed by atoms with Crippen LogP contribution in [-0.4, -0.2) is 49.4 Å². The van der Waals surface area contributed by atoms with Gasteiger partial charge in [0.05, 0.1) is 0 Å². The van der Waals surface area contributed by atoms with Gasteiger partial charge in [-0.1, -0.05) is 24.6 Å². The zero-order valence-electron chi connectivity index (χ0n) is 14.2. The number of carbonyl (C=O) groups is 2. The van der Waals surface area contributed by atoms with Crippen molar-refractivity contribution in [3.8, 4) is 0 Å². The van der Waals surface area contributed by atoms with E-state index in [0.717, 1.165) is 18.7 Å². The molecule has 0 saturated carbocycles. The van der Waals surface area contributed by atoms with Gasteiger partial charge in [-0.3, -0.25) is 9.59 Å². The first-order valence-corrected chi connectivity index (χ1v) is 9.12. The molecule has 2 saturated heterocycles. The summed E-state index contributed by atoms with van der Waals surface area (Å²) >= 11 is 0. The van der Waals surface area contributed by atoms with Gasteiger partial charge in [-0.2, -0.15) is 0 Å². The Labute approximate surface area is 144 Å². The second kappa shape index (κ2) is 8.29. The van der Waals surface area contributed by atoms with E-state index in [1.807, 2.05) is 30.3 Å². The highest BCUT2D eigenvalue weighted by Gasteiger charge is 2.37. The van der Waals surface area contributed by atoms with Crippen molar-refractivity contribution in [2.24, 2.45) is 5.92 Å². The van der Waals surface area contributed by atoms with Gasteiger partial charge < -0.3 is 15.1 Å². The molecule has 2 aliphatic heterocycles. The van der Waals surface area contributed by atoms with Crippen LogP contribution < -0.4 is 10.2 Å². The first kappa shape index (κ1) is 17.0. The molecule has 1 aromatic rings. The predicted octanol–water partition coefficient (Wildman–Crippen LogP) is 2.03. The molecule has 0 radical (unpaired) electrons. The van der Waals surface area contributed by atoms with Crippen molar-refractivity contribution in [1.82, 2.24) is 10.2 Å². The number of hydrogen-bond donors (Lipinski definition) is 1. The number of likely N-dealkylation sites (tertiary alicyclic amines) is 1. The van der Waals surface area contributed by atoms with E-state index in [2.05, 4.69) is 10.2 Å². The number of hydrogen-bond acceptors (Lipinski definition) is 3. The second-order valence-corrected chi connectivity index (χ2v) is 6.71. The zero-order chi connectivity index (χ0) is 16.8. The van der Waals surface area contributed by atoms with Gasteiger partial charge in [-0.15, -0.1) is 0 Å². The maximum Gasteiger partial charge on any atom is 0.239 e. The van der Waals surface area contributed by atoms with E-state index in [9.17, 15) is 9.59 Å². The van der Waals surface area contributed by atoms with Gasteiger partial charge in [0.15, 0.2) is 0 Å². The third kappa shape index (κ3) is 4.15. The zero-order valence-corrected chi connectivity index (χ0v) is 14.2. The molecule has 0 spiro atoms. The van der Waals surface area contributed by atoms with Crippen LogP contribution in [0.4, 0.5) is 5.69 Å². The monoisotopic (exact) mass is 329 g/mol. The van der Waals surface area contributed by atoms with E-state index in [4.69, 9.17) is 0 Å². The fourth-order valence-corrected chi connectivity index (χ4v) is 3.61. The lowest BCUT2D eigenvalue weighted by atomic mass is 10.1. The lowest BCUT2D eigenvalue weighted by molar-refractivity contribution is -0.132. The fourth-order valence-electron chi connectivity index (χ4n) is 3.61. The number of amides is 2. The van der Waals surface area contributed by atoms with Gasteiger partial charge in [0.25, 0.3) is 0 Å². The van der Waals surface area contributed by atoms with E-state index in [-0.39, 0.29) is 11.8 Å². The number of rotatable bonds is 6. The van der Waals surface area contributed by atoms with Gasteiger partial charge in [-0.25, -0.2) is 0 Å². The molecule has 0 bridgehead atoms. The molecule has 24 heavy (non-hydrogen) atoms. The van der Waals surface area contributed by atoms with Crippen molar-refractivity contribution in [3.05, 3.63) is 30.3 Å². The van der Waals surface area contributed by atoms with Gasteiger partial charge in [0.2, 0.25) is 11.8 Å². The number of nitrogens with one attached hydrogen (secondary N) is 1. The normalized spacial score (nSPS) is 21.9. The van der Waals surface area contributed by atoms with E-state index in [1.54, 1.807) is 4.90 Å². The maximum atomic E-state index is 12.5. The number of anilines is 1. The van der Waals surface area contributed by atoms with Crippen molar-refractivity contribution in [3.63, 3.8) is 0 Å². The molecule has 1 atom stereocenters. The van der Waals surface area contributed by atoms with Gasteiger partial charge in [0.1, 0.15) is 5.92 Å². The molecule has 3 rings (SSSR count). The largest absolute Gasteiger partial charge is 0.355 e. The molecule has 2 fully saturated rings. The third-order valence-corrected chi connectivity index (χ3v) is 4.99. The highest BCUT2D eigenvalue weighted by molar-refractivity contribution is 6.09. The molecule has 130 valence electrons. The van der Waals surface area contributed by atoms with Crippen LogP contribution in [-0.2, 0) is 9.59 Å². The van der Waals surface area contributed by atoms with Crippen LogP contribution in [0.15, 0.2) is 30.3 Å². The molecule has 2 aliphatic rings. The highest BCUT2D eigenvalue weighted by Crippen LogP contribution is 2.25. The van der Waals surface area contributed by atoms with Crippen LogP contribution in [0.1, 0.15) is 32.1 Å². The molecule has 1 unspecified atom stereocenters. The molecule has 0 aromatic heterocycles. The molecular formula is C19H27N3O2. The van der Waals surface area contributed by atoms with E-state index < -0.39 is 5.92 Å². The topological polar surface area (TPSA) is 52.7 Å². The molecule has 1 N–H and O–H groups in total. The molecule has 5 nitrogen and oxygen atoms in total. The quantitative estimate of drug-likeness (QED) is 0.642. The summed E-state index contributed by atoms with van der Waals surface area (Å²) in [6, 6.07) is 9.58. The first-order valence-electron chi connectivity index (χ1n) is 9.12. The summed E-state index contributed by atoms with van der Waals surface area (Å²) in [4.78, 5) is 29.0. The Balaban J connectivity index is 1.41. The summed E-state index contributed by atoms with van der Waals surface area (Å²) in [6.07, 6.45) is 5.48. The number of nitrogens with zero attached hydrogens (tertiary/aromatic N) is 2. The van der Waals surface area contributed by atoms with Crippen molar-refractivity contribution in [1.29, 1.82) is 0 Å². The highest BCUT2D eigenvalue weighted by atomic mass is 16.2. The molecule has 5 heteroatoms. The maximum absolute atomic E-state index is 12.5. The number of para-hydroxylation sites is 1. The Hall–Kier alpha value is -1.88. The lowest BCUT2D eigenvalue weighted by Gasteiger charge is -2.26.